The van der Waals surface area contributed by atoms with Crippen molar-refractivity contribution >= 4 is 23.9 Å². The summed E-state index contributed by atoms with van der Waals surface area (Å²) in [5.74, 6) is -4.18. The van der Waals surface area contributed by atoms with E-state index in [1.165, 1.54) is 24.3 Å². The summed E-state index contributed by atoms with van der Waals surface area (Å²) in [6, 6.07) is 20.0. The Morgan fingerprint density at radius 1 is 0.412 bits per heavy atom. The Balaban J connectivity index is 0.000000265. The quantitative estimate of drug-likeness (QED) is 0.128. The standard InChI is InChI=1S/C30H42N4O8.C29H40N4O8.C2H6/c1-22(24-6-3-8-26(32-24)30(37)38)34-13-16-40-20-19-39-15-11-33(21-23-5-2-7-25(31-23)29(35)36)12-17-41-27-9-4-10-28(27)42-18-14-34;34-28(35)24-6-1-4-22(30-24)20-32-10-14-38-18-19-39-15-11-33(21-23-5-2-7-25(31-23)29(36)37)13-17-41-27-9-3-8-26(27)40-16-12-32;1-2/h2-3,5-8,22,27-28H,4,9-21H2,1H3,(H,35,36)(H,37,38);1-2,4-7,26-27H,3,8-21H2,(H,34,35)(H,36,37);1-2H3. The first-order chi connectivity index (χ1) is 41.4. The van der Waals surface area contributed by atoms with E-state index in [0.29, 0.717) is 174 Å². The molecule has 5 atom stereocenters. The van der Waals surface area contributed by atoms with E-state index in [9.17, 15) is 39.6 Å². The normalized spacial score (nSPS) is 22.6. The number of fused-ring (bicyclic) bond motifs is 2. The van der Waals surface area contributed by atoms with E-state index in [-0.39, 0.29) is 53.2 Å². The maximum Gasteiger partial charge on any atom is 0.354 e. The minimum absolute atomic E-state index is 0.0106. The lowest BCUT2D eigenvalue weighted by Crippen LogP contribution is -2.37. The topological polar surface area (TPSA) is 288 Å². The Hall–Kier alpha value is -6.00. The summed E-state index contributed by atoms with van der Waals surface area (Å²) in [5.41, 5.74) is 2.87. The van der Waals surface area contributed by atoms with Gasteiger partial charge in [-0.25, -0.2) is 39.1 Å². The maximum atomic E-state index is 11.4. The van der Waals surface area contributed by atoms with Crippen molar-refractivity contribution in [2.45, 2.75) is 109 Å². The molecular weight excluding hydrogens is 1100 g/mol. The summed E-state index contributed by atoms with van der Waals surface area (Å²) in [5, 5.41) is 37.2. The van der Waals surface area contributed by atoms with Gasteiger partial charge in [0.1, 0.15) is 22.8 Å². The van der Waals surface area contributed by atoms with Gasteiger partial charge in [0, 0.05) is 78.0 Å². The fraction of sp³-hybridized carbons (Fsp3) is 0.607. The molecule has 0 amide bonds. The third-order valence-corrected chi connectivity index (χ3v) is 14.8. The summed E-state index contributed by atoms with van der Waals surface area (Å²) in [6.07, 6.45) is 5.91. The number of hydrogen-bond acceptors (Lipinski definition) is 20. The molecule has 468 valence electrons. The van der Waals surface area contributed by atoms with Gasteiger partial charge >= 0.3 is 23.9 Å². The molecule has 0 bridgehead atoms. The number of nitrogens with zero attached hydrogens (tertiary/aromatic N) is 8. The van der Waals surface area contributed by atoms with Gasteiger partial charge in [-0.15, -0.1) is 0 Å². The molecule has 4 fully saturated rings. The lowest BCUT2D eigenvalue weighted by atomic mass is 10.1. The number of carboxylic acids is 4. The van der Waals surface area contributed by atoms with Crippen molar-refractivity contribution in [2.75, 3.05) is 132 Å². The van der Waals surface area contributed by atoms with Gasteiger partial charge in [-0.2, -0.15) is 0 Å². The minimum atomic E-state index is -1.05. The number of carboxylic acid groups (broad SMARTS) is 4. The third-order valence-electron chi connectivity index (χ3n) is 14.8. The van der Waals surface area contributed by atoms with E-state index >= 15 is 0 Å². The molecule has 4 N–H and O–H groups in total. The highest BCUT2D eigenvalue weighted by molar-refractivity contribution is 5.86. The summed E-state index contributed by atoms with van der Waals surface area (Å²) in [6.45, 7) is 18.5. The van der Waals surface area contributed by atoms with E-state index in [1.54, 1.807) is 24.3 Å². The molecule has 4 aromatic heterocycles. The first-order valence-electron chi connectivity index (χ1n) is 29.8. The number of ether oxygens (including phenoxy) is 8. The lowest BCUT2D eigenvalue weighted by Gasteiger charge is -2.30. The van der Waals surface area contributed by atoms with Crippen molar-refractivity contribution < 1.29 is 77.5 Å². The van der Waals surface area contributed by atoms with Crippen molar-refractivity contribution in [3.05, 3.63) is 118 Å². The molecular formula is C61H88N8O16. The highest BCUT2D eigenvalue weighted by Crippen LogP contribution is 2.27. The van der Waals surface area contributed by atoms with Crippen molar-refractivity contribution in [3.8, 4) is 0 Å². The van der Waals surface area contributed by atoms with Crippen LogP contribution in [-0.4, -0.2) is 240 Å². The molecule has 4 aliphatic rings. The van der Waals surface area contributed by atoms with Crippen LogP contribution < -0.4 is 0 Å². The van der Waals surface area contributed by atoms with E-state index in [1.807, 2.05) is 45.0 Å². The van der Waals surface area contributed by atoms with Crippen molar-refractivity contribution in [2.24, 2.45) is 0 Å². The van der Waals surface area contributed by atoms with Gasteiger partial charge in [0.2, 0.25) is 0 Å². The Kier molecular flexibility index (Phi) is 30.6. The van der Waals surface area contributed by atoms with Crippen LogP contribution in [0.4, 0.5) is 0 Å². The number of hydrogen-bond donors (Lipinski definition) is 4. The second-order valence-corrected chi connectivity index (χ2v) is 20.7. The second-order valence-electron chi connectivity index (χ2n) is 20.7. The average Bonchev–Trinajstić information content (AvgIpc) is 4.28. The fourth-order valence-corrected chi connectivity index (χ4v) is 10.3. The number of rotatable bonds is 12. The molecule has 0 radical (unpaired) electrons. The molecule has 2 aliphatic heterocycles. The largest absolute Gasteiger partial charge is 0.477 e. The van der Waals surface area contributed by atoms with Crippen LogP contribution in [0.25, 0.3) is 0 Å². The number of aromatic nitrogens is 4. The van der Waals surface area contributed by atoms with Crippen LogP contribution in [0.3, 0.4) is 0 Å². The Morgan fingerprint density at radius 2 is 0.694 bits per heavy atom. The molecule has 2 saturated carbocycles. The SMILES string of the molecule is CC.CC(c1cccc(C(=O)O)n1)N1CCOCCOCCN(Cc2cccc(C(=O)O)n2)CCOC2CCCC2OCC1.O=C(O)c1cccc(CN2CCOCCOCCN(Cc3cccc(C(=O)O)n3)CCOC3CCCC3OCC2)n1. The molecule has 24 heteroatoms. The molecule has 6 heterocycles. The number of pyridine rings is 4. The molecule has 2 aliphatic carbocycles. The molecule has 4 aromatic rings. The molecule has 5 unspecified atom stereocenters. The summed E-state index contributed by atoms with van der Waals surface area (Å²) in [4.78, 5) is 71.3. The first kappa shape index (κ1) is 68.1. The predicted molar refractivity (Wildman–Crippen MR) is 312 cm³/mol. The van der Waals surface area contributed by atoms with Crippen LogP contribution in [0, 0.1) is 0 Å². The van der Waals surface area contributed by atoms with Gasteiger partial charge in [-0.05, 0) is 94.0 Å². The van der Waals surface area contributed by atoms with Crippen LogP contribution in [0.2, 0.25) is 0 Å². The van der Waals surface area contributed by atoms with Crippen molar-refractivity contribution in [1.29, 1.82) is 0 Å². The zero-order valence-electron chi connectivity index (χ0n) is 49.6. The average molecular weight is 1190 g/mol. The zero-order chi connectivity index (χ0) is 60.6. The summed E-state index contributed by atoms with van der Waals surface area (Å²) in [7, 11) is 0. The van der Waals surface area contributed by atoms with Crippen LogP contribution in [0.5, 0.6) is 0 Å². The lowest BCUT2D eigenvalue weighted by molar-refractivity contribution is -0.0683. The smallest absolute Gasteiger partial charge is 0.354 e. The van der Waals surface area contributed by atoms with Crippen molar-refractivity contribution in [1.82, 2.24) is 39.5 Å². The van der Waals surface area contributed by atoms with Crippen LogP contribution in [0.1, 0.15) is 130 Å². The second kappa shape index (κ2) is 38.2. The Labute approximate surface area is 498 Å². The predicted octanol–water partition coefficient (Wildman–Crippen LogP) is 5.94. The molecule has 0 spiro atoms. The highest BCUT2D eigenvalue weighted by Gasteiger charge is 2.31. The highest BCUT2D eigenvalue weighted by atomic mass is 16.6. The molecule has 8 rings (SSSR count). The van der Waals surface area contributed by atoms with E-state index in [2.05, 4.69) is 39.5 Å². The third kappa shape index (κ3) is 24.4. The number of aromatic carboxylic acids is 4. The molecule has 85 heavy (non-hydrogen) atoms. The van der Waals surface area contributed by atoms with Gasteiger partial charge in [0.05, 0.1) is 126 Å². The fourth-order valence-electron chi connectivity index (χ4n) is 10.3. The summed E-state index contributed by atoms with van der Waals surface area (Å²) < 4.78 is 48.5. The van der Waals surface area contributed by atoms with Crippen LogP contribution in [0.15, 0.2) is 72.8 Å². The first-order valence-corrected chi connectivity index (χ1v) is 29.8. The molecule has 0 aromatic carbocycles. The number of carbonyl (C=O) groups is 4. The van der Waals surface area contributed by atoms with Crippen LogP contribution in [-0.2, 0) is 57.5 Å². The van der Waals surface area contributed by atoms with Crippen molar-refractivity contribution in [3.63, 3.8) is 0 Å². The minimum Gasteiger partial charge on any atom is -0.477 e. The monoisotopic (exact) mass is 1190 g/mol. The van der Waals surface area contributed by atoms with E-state index in [4.69, 9.17) is 37.9 Å². The molecule has 24 nitrogen and oxygen atoms in total. The van der Waals surface area contributed by atoms with Gasteiger partial charge in [0.25, 0.3) is 0 Å². The Bertz CT molecular complexity index is 2540. The van der Waals surface area contributed by atoms with Gasteiger partial charge in [-0.1, -0.05) is 38.1 Å². The van der Waals surface area contributed by atoms with E-state index in [0.717, 1.165) is 38.5 Å². The van der Waals surface area contributed by atoms with E-state index < -0.39 is 23.9 Å². The summed E-state index contributed by atoms with van der Waals surface area (Å²) >= 11 is 0. The zero-order valence-corrected chi connectivity index (χ0v) is 49.6. The molecule has 2 saturated heterocycles. The van der Waals surface area contributed by atoms with Gasteiger partial charge in [-0.3, -0.25) is 19.6 Å². The maximum absolute atomic E-state index is 11.4. The van der Waals surface area contributed by atoms with Gasteiger partial charge < -0.3 is 58.3 Å². The van der Waals surface area contributed by atoms with Gasteiger partial charge in [0.15, 0.2) is 0 Å². The van der Waals surface area contributed by atoms with Crippen LogP contribution >= 0.6 is 0 Å². The Morgan fingerprint density at radius 3 is 1.04 bits per heavy atom.